The number of hydrogen-bond acceptors (Lipinski definition) is 5. The molecule has 0 spiro atoms. The predicted octanol–water partition coefficient (Wildman–Crippen LogP) is 3.56. The van der Waals surface area contributed by atoms with Gasteiger partial charge in [-0.3, -0.25) is 4.79 Å². The van der Waals surface area contributed by atoms with Crippen molar-refractivity contribution in [2.75, 3.05) is 5.32 Å². The van der Waals surface area contributed by atoms with E-state index < -0.39 is 5.91 Å². The van der Waals surface area contributed by atoms with Crippen molar-refractivity contribution >= 4 is 23.0 Å². The maximum absolute atomic E-state index is 11.1. The lowest BCUT2D eigenvalue weighted by Crippen LogP contribution is -2.10. The van der Waals surface area contributed by atoms with Gasteiger partial charge in [0.05, 0.1) is 0 Å². The number of allylic oxidation sites excluding steroid dienone is 5. The Bertz CT molecular complexity index is 852. The summed E-state index contributed by atoms with van der Waals surface area (Å²) in [6.45, 7) is 7.83. The third-order valence-electron chi connectivity index (χ3n) is 3.56. The molecule has 0 aliphatic heterocycles. The molecule has 25 heavy (non-hydrogen) atoms. The number of anilines is 2. The van der Waals surface area contributed by atoms with Crippen molar-refractivity contribution in [3.63, 3.8) is 0 Å². The van der Waals surface area contributed by atoms with E-state index in [1.807, 2.05) is 26.0 Å². The summed E-state index contributed by atoms with van der Waals surface area (Å²) in [7, 11) is 0. The zero-order valence-electron chi connectivity index (χ0n) is 14.2. The second-order valence-electron chi connectivity index (χ2n) is 5.38. The molecular formula is C19H20N4O2. The van der Waals surface area contributed by atoms with Crippen molar-refractivity contribution in [2.24, 2.45) is 5.73 Å². The van der Waals surface area contributed by atoms with E-state index in [1.165, 1.54) is 6.33 Å². The van der Waals surface area contributed by atoms with Crippen molar-refractivity contribution in [1.29, 1.82) is 0 Å². The van der Waals surface area contributed by atoms with E-state index in [1.54, 1.807) is 30.3 Å². The van der Waals surface area contributed by atoms with E-state index in [4.69, 9.17) is 5.73 Å². The van der Waals surface area contributed by atoms with Crippen LogP contribution in [-0.2, 0) is 0 Å². The van der Waals surface area contributed by atoms with Crippen LogP contribution in [0.5, 0.6) is 5.75 Å². The first-order valence-corrected chi connectivity index (χ1v) is 7.63. The second kappa shape index (κ2) is 7.92. The molecule has 0 saturated carbocycles. The molecule has 0 saturated heterocycles. The highest BCUT2D eigenvalue weighted by Crippen LogP contribution is 2.30. The molecular weight excluding hydrogens is 316 g/mol. The molecule has 4 N–H and O–H groups in total. The minimum absolute atomic E-state index is 0.103. The number of carbonyl (C=O) groups excluding carboxylic acids is 1. The van der Waals surface area contributed by atoms with Gasteiger partial charge in [0.2, 0.25) is 5.91 Å². The molecule has 1 amide bonds. The zero-order valence-corrected chi connectivity index (χ0v) is 14.2. The normalized spacial score (nSPS) is 11.5. The Labute approximate surface area is 146 Å². The average molecular weight is 336 g/mol. The van der Waals surface area contributed by atoms with E-state index in [9.17, 15) is 9.90 Å². The average Bonchev–Trinajstić information content (AvgIpc) is 2.61. The van der Waals surface area contributed by atoms with Crippen molar-refractivity contribution in [3.05, 3.63) is 72.2 Å². The number of carbonyl (C=O) groups is 1. The Morgan fingerprint density at radius 2 is 1.92 bits per heavy atom. The SMILES string of the molecule is C=C(C=CC(C)=CC)c1ncnc(Nc2ccc(C(N)=O)cc2)c1O. The van der Waals surface area contributed by atoms with E-state index in [0.29, 0.717) is 22.5 Å². The first kappa shape index (κ1) is 17.9. The Morgan fingerprint density at radius 1 is 1.24 bits per heavy atom. The largest absolute Gasteiger partial charge is 0.503 e. The lowest BCUT2D eigenvalue weighted by Gasteiger charge is -2.10. The van der Waals surface area contributed by atoms with Gasteiger partial charge in [-0.05, 0) is 43.7 Å². The number of nitrogens with two attached hydrogens (primary N) is 1. The van der Waals surface area contributed by atoms with Gasteiger partial charge >= 0.3 is 0 Å². The summed E-state index contributed by atoms with van der Waals surface area (Å²) in [4.78, 5) is 19.2. The van der Waals surface area contributed by atoms with Gasteiger partial charge in [0.1, 0.15) is 12.0 Å². The van der Waals surface area contributed by atoms with Crippen LogP contribution in [0, 0.1) is 0 Å². The third-order valence-corrected chi connectivity index (χ3v) is 3.56. The molecule has 0 radical (unpaired) electrons. The van der Waals surface area contributed by atoms with Gasteiger partial charge in [0, 0.05) is 11.3 Å². The molecule has 0 bridgehead atoms. The fraction of sp³-hybridized carbons (Fsp3) is 0.105. The number of amides is 1. The number of hydrogen-bond donors (Lipinski definition) is 3. The van der Waals surface area contributed by atoms with Crippen LogP contribution in [0.2, 0.25) is 0 Å². The summed E-state index contributed by atoms with van der Waals surface area (Å²) in [5, 5.41) is 13.4. The lowest BCUT2D eigenvalue weighted by molar-refractivity contribution is 0.100. The minimum atomic E-state index is -0.502. The third kappa shape index (κ3) is 4.54. The van der Waals surface area contributed by atoms with Crippen LogP contribution in [0.3, 0.4) is 0 Å². The van der Waals surface area contributed by atoms with Gasteiger partial charge in [0.25, 0.3) is 0 Å². The number of benzene rings is 1. The monoisotopic (exact) mass is 336 g/mol. The Hall–Kier alpha value is -3.41. The maximum atomic E-state index is 11.1. The summed E-state index contributed by atoms with van der Waals surface area (Å²) < 4.78 is 0. The van der Waals surface area contributed by atoms with Gasteiger partial charge in [-0.15, -0.1) is 0 Å². The van der Waals surface area contributed by atoms with Gasteiger partial charge < -0.3 is 16.2 Å². The Kier molecular flexibility index (Phi) is 5.68. The molecule has 0 atom stereocenters. The minimum Gasteiger partial charge on any atom is -0.503 e. The van der Waals surface area contributed by atoms with Crippen LogP contribution in [0.4, 0.5) is 11.5 Å². The number of nitrogens with zero attached hydrogens (tertiary/aromatic N) is 2. The molecule has 0 aliphatic carbocycles. The highest BCUT2D eigenvalue weighted by atomic mass is 16.3. The fourth-order valence-electron chi connectivity index (χ4n) is 1.97. The smallest absolute Gasteiger partial charge is 0.248 e. The molecule has 0 aliphatic rings. The number of aromatic hydroxyl groups is 1. The molecule has 0 unspecified atom stereocenters. The number of rotatable bonds is 6. The molecule has 0 fully saturated rings. The standard InChI is InChI=1S/C19H20N4O2/c1-4-12(2)5-6-13(3)16-17(24)19(22-11-21-16)23-15-9-7-14(8-10-15)18(20)25/h4-11,24H,3H2,1-2H3,(H2,20,25)(H,21,22,23). The van der Waals surface area contributed by atoms with E-state index in [2.05, 4.69) is 21.9 Å². The highest BCUT2D eigenvalue weighted by molar-refractivity contribution is 5.93. The lowest BCUT2D eigenvalue weighted by atomic mass is 10.1. The van der Waals surface area contributed by atoms with Gasteiger partial charge in [-0.1, -0.05) is 30.4 Å². The Morgan fingerprint density at radius 3 is 2.52 bits per heavy atom. The van der Waals surface area contributed by atoms with E-state index >= 15 is 0 Å². The predicted molar refractivity (Wildman–Crippen MR) is 99.5 cm³/mol. The molecule has 1 aromatic carbocycles. The van der Waals surface area contributed by atoms with Gasteiger partial charge in [-0.25, -0.2) is 9.97 Å². The van der Waals surface area contributed by atoms with E-state index in [-0.39, 0.29) is 11.6 Å². The zero-order chi connectivity index (χ0) is 18.4. The van der Waals surface area contributed by atoms with Crippen molar-refractivity contribution in [2.45, 2.75) is 13.8 Å². The Balaban J connectivity index is 2.24. The van der Waals surface area contributed by atoms with Crippen molar-refractivity contribution in [1.82, 2.24) is 9.97 Å². The van der Waals surface area contributed by atoms with Crippen LogP contribution in [0.15, 0.2) is 61.0 Å². The summed E-state index contributed by atoms with van der Waals surface area (Å²) in [5.74, 6) is -0.360. The molecule has 6 heteroatoms. The summed E-state index contributed by atoms with van der Waals surface area (Å²) in [5.41, 5.74) is 8.24. The molecule has 128 valence electrons. The fourth-order valence-corrected chi connectivity index (χ4v) is 1.97. The molecule has 2 aromatic rings. The van der Waals surface area contributed by atoms with Crippen LogP contribution in [0.1, 0.15) is 29.9 Å². The van der Waals surface area contributed by atoms with Crippen LogP contribution in [-0.4, -0.2) is 21.0 Å². The van der Waals surface area contributed by atoms with Gasteiger partial charge in [0.15, 0.2) is 11.6 Å². The van der Waals surface area contributed by atoms with Crippen molar-refractivity contribution < 1.29 is 9.90 Å². The number of primary amides is 1. The quantitative estimate of drug-likeness (QED) is 0.700. The summed E-state index contributed by atoms with van der Waals surface area (Å²) in [6, 6.07) is 6.52. The number of aromatic nitrogens is 2. The molecule has 1 aromatic heterocycles. The number of nitrogens with one attached hydrogen (secondary N) is 1. The molecule has 6 nitrogen and oxygen atoms in total. The topological polar surface area (TPSA) is 101 Å². The first-order valence-electron chi connectivity index (χ1n) is 7.63. The highest BCUT2D eigenvalue weighted by Gasteiger charge is 2.12. The summed E-state index contributed by atoms with van der Waals surface area (Å²) >= 11 is 0. The van der Waals surface area contributed by atoms with Gasteiger partial charge in [-0.2, -0.15) is 0 Å². The summed E-state index contributed by atoms with van der Waals surface area (Å²) in [6.07, 6.45) is 6.98. The second-order valence-corrected chi connectivity index (χ2v) is 5.38. The van der Waals surface area contributed by atoms with Crippen LogP contribution < -0.4 is 11.1 Å². The molecule has 1 heterocycles. The van der Waals surface area contributed by atoms with Crippen molar-refractivity contribution in [3.8, 4) is 5.75 Å². The maximum Gasteiger partial charge on any atom is 0.248 e. The molecule has 2 rings (SSSR count). The van der Waals surface area contributed by atoms with Crippen LogP contribution in [0.25, 0.3) is 5.57 Å². The van der Waals surface area contributed by atoms with Crippen LogP contribution >= 0.6 is 0 Å². The van der Waals surface area contributed by atoms with E-state index in [0.717, 1.165) is 5.57 Å². The first-order chi connectivity index (χ1) is 11.9.